The van der Waals surface area contributed by atoms with Crippen LogP contribution in [0.2, 0.25) is 0 Å². The third-order valence-corrected chi connectivity index (χ3v) is 3.79. The van der Waals surface area contributed by atoms with Gasteiger partial charge in [-0.25, -0.2) is 4.79 Å². The van der Waals surface area contributed by atoms with Crippen molar-refractivity contribution in [3.63, 3.8) is 0 Å². The standard InChI is InChI=1S/C20H20O5/c1-13(2)16-5-4-6-17(10-16)20(21)25-14(3)22-11-15-7-8-18-19(9-15)24-12-23-18/h4-10,14H,1,11-12H2,2-3H3. The van der Waals surface area contributed by atoms with Gasteiger partial charge in [-0.2, -0.15) is 0 Å². The monoisotopic (exact) mass is 340 g/mol. The SMILES string of the molecule is C=C(C)c1cccc(C(=O)OC(C)OCc2ccc3c(c2)OCO3)c1. The van der Waals surface area contributed by atoms with Crippen LogP contribution in [0.15, 0.2) is 49.0 Å². The molecule has 130 valence electrons. The summed E-state index contributed by atoms with van der Waals surface area (Å²) in [6, 6.07) is 12.7. The number of esters is 1. The van der Waals surface area contributed by atoms with E-state index >= 15 is 0 Å². The lowest BCUT2D eigenvalue weighted by atomic mass is 10.1. The van der Waals surface area contributed by atoms with E-state index in [1.807, 2.05) is 31.2 Å². The molecule has 0 bridgehead atoms. The number of fused-ring (bicyclic) bond motifs is 1. The predicted octanol–water partition coefficient (Wildman–Crippen LogP) is 4.17. The van der Waals surface area contributed by atoms with E-state index in [-0.39, 0.29) is 6.79 Å². The molecule has 1 heterocycles. The van der Waals surface area contributed by atoms with Crippen molar-refractivity contribution in [1.82, 2.24) is 0 Å². The summed E-state index contributed by atoms with van der Waals surface area (Å²) in [5.41, 5.74) is 3.18. The van der Waals surface area contributed by atoms with Crippen LogP contribution in [0.4, 0.5) is 0 Å². The van der Waals surface area contributed by atoms with Gasteiger partial charge in [0.2, 0.25) is 13.1 Å². The molecule has 3 rings (SSSR count). The molecule has 25 heavy (non-hydrogen) atoms. The molecule has 0 aliphatic carbocycles. The molecule has 2 aromatic rings. The molecule has 2 aromatic carbocycles. The number of carbonyl (C=O) groups is 1. The highest BCUT2D eigenvalue weighted by atomic mass is 16.7. The fourth-order valence-electron chi connectivity index (χ4n) is 2.41. The first-order valence-corrected chi connectivity index (χ1v) is 8.00. The first kappa shape index (κ1) is 17.0. The summed E-state index contributed by atoms with van der Waals surface area (Å²) < 4.78 is 21.5. The summed E-state index contributed by atoms with van der Waals surface area (Å²) >= 11 is 0. The van der Waals surface area contributed by atoms with Crippen molar-refractivity contribution in [1.29, 1.82) is 0 Å². The molecule has 0 saturated carbocycles. The van der Waals surface area contributed by atoms with Gasteiger partial charge in [0.25, 0.3) is 0 Å². The zero-order valence-electron chi connectivity index (χ0n) is 14.3. The number of hydrogen-bond acceptors (Lipinski definition) is 5. The first-order chi connectivity index (χ1) is 12.0. The lowest BCUT2D eigenvalue weighted by Gasteiger charge is -2.15. The topological polar surface area (TPSA) is 54.0 Å². The fourth-order valence-corrected chi connectivity index (χ4v) is 2.41. The molecule has 0 fully saturated rings. The molecule has 0 N–H and O–H groups in total. The normalized spacial score (nSPS) is 13.4. The Morgan fingerprint density at radius 2 is 1.92 bits per heavy atom. The zero-order valence-corrected chi connectivity index (χ0v) is 14.3. The number of rotatable bonds is 6. The van der Waals surface area contributed by atoms with E-state index in [9.17, 15) is 4.79 Å². The average molecular weight is 340 g/mol. The average Bonchev–Trinajstić information content (AvgIpc) is 3.07. The minimum absolute atomic E-state index is 0.233. The third kappa shape index (κ3) is 4.19. The lowest BCUT2D eigenvalue weighted by molar-refractivity contribution is -0.105. The van der Waals surface area contributed by atoms with Crippen LogP contribution in [-0.4, -0.2) is 19.1 Å². The Morgan fingerprint density at radius 3 is 2.72 bits per heavy atom. The van der Waals surface area contributed by atoms with Gasteiger partial charge in [0, 0.05) is 0 Å². The fraction of sp³-hybridized carbons (Fsp3) is 0.250. The molecule has 0 spiro atoms. The minimum atomic E-state index is -0.675. The predicted molar refractivity (Wildman–Crippen MR) is 93.4 cm³/mol. The van der Waals surface area contributed by atoms with Crippen molar-refractivity contribution in [2.45, 2.75) is 26.7 Å². The summed E-state index contributed by atoms with van der Waals surface area (Å²) in [6.45, 7) is 7.99. The van der Waals surface area contributed by atoms with E-state index < -0.39 is 12.3 Å². The molecule has 0 saturated heterocycles. The van der Waals surface area contributed by atoms with E-state index in [0.29, 0.717) is 17.9 Å². The van der Waals surface area contributed by atoms with Crippen LogP contribution < -0.4 is 9.47 Å². The Morgan fingerprint density at radius 1 is 1.16 bits per heavy atom. The quantitative estimate of drug-likeness (QED) is 0.583. The van der Waals surface area contributed by atoms with Gasteiger partial charge in [0.15, 0.2) is 11.5 Å². The Labute approximate surface area is 146 Å². The van der Waals surface area contributed by atoms with Gasteiger partial charge in [-0.15, -0.1) is 0 Å². The van der Waals surface area contributed by atoms with Crippen molar-refractivity contribution in [2.75, 3.05) is 6.79 Å². The molecular weight excluding hydrogens is 320 g/mol. The zero-order chi connectivity index (χ0) is 17.8. The van der Waals surface area contributed by atoms with Gasteiger partial charge in [0.05, 0.1) is 12.2 Å². The maximum atomic E-state index is 12.2. The van der Waals surface area contributed by atoms with Gasteiger partial charge < -0.3 is 18.9 Å². The van der Waals surface area contributed by atoms with Gasteiger partial charge in [0.1, 0.15) is 0 Å². The van der Waals surface area contributed by atoms with Crippen molar-refractivity contribution in [3.8, 4) is 11.5 Å². The molecule has 0 radical (unpaired) electrons. The van der Waals surface area contributed by atoms with Crippen molar-refractivity contribution < 1.29 is 23.7 Å². The van der Waals surface area contributed by atoms with Crippen molar-refractivity contribution in [3.05, 3.63) is 65.7 Å². The van der Waals surface area contributed by atoms with Gasteiger partial charge >= 0.3 is 5.97 Å². The number of ether oxygens (including phenoxy) is 4. The molecule has 1 aliphatic rings. The van der Waals surface area contributed by atoms with E-state index in [1.165, 1.54) is 0 Å². The molecule has 5 nitrogen and oxygen atoms in total. The van der Waals surface area contributed by atoms with Crippen molar-refractivity contribution in [2.24, 2.45) is 0 Å². The lowest BCUT2D eigenvalue weighted by Crippen LogP contribution is -2.18. The number of carbonyl (C=O) groups excluding carboxylic acids is 1. The van der Waals surface area contributed by atoms with Gasteiger partial charge in [-0.1, -0.05) is 30.4 Å². The maximum Gasteiger partial charge on any atom is 0.340 e. The molecule has 0 aromatic heterocycles. The summed E-state index contributed by atoms with van der Waals surface area (Å²) in [5, 5.41) is 0. The second-order valence-electron chi connectivity index (χ2n) is 5.83. The smallest absolute Gasteiger partial charge is 0.340 e. The summed E-state index contributed by atoms with van der Waals surface area (Å²) in [7, 11) is 0. The van der Waals surface area contributed by atoms with Gasteiger partial charge in [-0.3, -0.25) is 0 Å². The second kappa shape index (κ2) is 7.40. The number of hydrogen-bond donors (Lipinski definition) is 0. The summed E-state index contributed by atoms with van der Waals surface area (Å²) in [5.74, 6) is 0.990. The number of benzene rings is 2. The first-order valence-electron chi connectivity index (χ1n) is 8.00. The van der Waals surface area contributed by atoms with Crippen LogP contribution in [0.3, 0.4) is 0 Å². The Hall–Kier alpha value is -2.79. The van der Waals surface area contributed by atoms with Crippen molar-refractivity contribution >= 4 is 11.5 Å². The minimum Gasteiger partial charge on any atom is -0.454 e. The molecule has 5 heteroatoms. The molecule has 1 atom stereocenters. The van der Waals surface area contributed by atoms with Crippen LogP contribution >= 0.6 is 0 Å². The Kier molecular flexibility index (Phi) is 5.05. The largest absolute Gasteiger partial charge is 0.454 e. The highest BCUT2D eigenvalue weighted by molar-refractivity contribution is 5.90. The second-order valence-corrected chi connectivity index (χ2v) is 5.83. The third-order valence-electron chi connectivity index (χ3n) is 3.79. The molecule has 1 unspecified atom stereocenters. The maximum absolute atomic E-state index is 12.2. The summed E-state index contributed by atoms with van der Waals surface area (Å²) in [4.78, 5) is 12.2. The Balaban J connectivity index is 1.55. The summed E-state index contributed by atoms with van der Waals surface area (Å²) in [6.07, 6.45) is -0.675. The van der Waals surface area contributed by atoms with E-state index in [0.717, 1.165) is 22.4 Å². The van der Waals surface area contributed by atoms with E-state index in [2.05, 4.69) is 6.58 Å². The van der Waals surface area contributed by atoms with Crippen LogP contribution in [0.25, 0.3) is 5.57 Å². The van der Waals surface area contributed by atoms with Crippen LogP contribution in [0, 0.1) is 0 Å². The Bertz CT molecular complexity index is 796. The number of allylic oxidation sites excluding steroid dienone is 1. The van der Waals surface area contributed by atoms with Gasteiger partial charge in [-0.05, 0) is 49.2 Å². The van der Waals surface area contributed by atoms with E-state index in [4.69, 9.17) is 18.9 Å². The molecular formula is C20H20O5. The van der Waals surface area contributed by atoms with Crippen LogP contribution in [0.1, 0.15) is 35.3 Å². The highest BCUT2D eigenvalue weighted by Gasteiger charge is 2.15. The molecule has 0 amide bonds. The molecule has 1 aliphatic heterocycles. The highest BCUT2D eigenvalue weighted by Crippen LogP contribution is 2.32. The van der Waals surface area contributed by atoms with Crippen LogP contribution in [-0.2, 0) is 16.1 Å². The van der Waals surface area contributed by atoms with E-state index in [1.54, 1.807) is 25.1 Å². The van der Waals surface area contributed by atoms with Crippen LogP contribution in [0.5, 0.6) is 11.5 Å².